The molecule has 2 fully saturated rings. The number of unbranched alkanes of at least 4 members (excludes halogenated alkanes) is 1. The van der Waals surface area contributed by atoms with Crippen LogP contribution in [0.2, 0.25) is 0 Å². The average molecular weight is 466 g/mol. The summed E-state index contributed by atoms with van der Waals surface area (Å²) in [6.07, 6.45) is 6.80. The number of fused-ring (bicyclic) bond motifs is 3. The fourth-order valence-electron chi connectivity index (χ4n) is 5.78. The predicted octanol–water partition coefficient (Wildman–Crippen LogP) is 5.48. The molecule has 0 aliphatic carbocycles. The zero-order chi connectivity index (χ0) is 23.7. The van der Waals surface area contributed by atoms with Gasteiger partial charge in [0, 0.05) is 40.7 Å². The Morgan fingerprint density at radius 3 is 2.65 bits per heavy atom. The fourth-order valence-corrected chi connectivity index (χ4v) is 5.78. The number of carbonyl (C=O) groups excluding carboxylic acids is 1. The molecule has 0 amide bonds. The van der Waals surface area contributed by atoms with Gasteiger partial charge in [-0.25, -0.2) is 4.39 Å². The topological polar surface area (TPSA) is 67.5 Å². The number of rotatable bonds is 9. The molecule has 2 saturated heterocycles. The zero-order valence-corrected chi connectivity index (χ0v) is 19.9. The lowest BCUT2D eigenvalue weighted by molar-refractivity contribution is 0.101. The van der Waals surface area contributed by atoms with Gasteiger partial charge in [-0.1, -0.05) is 0 Å². The van der Waals surface area contributed by atoms with Crippen molar-refractivity contribution in [3.05, 3.63) is 53.5 Å². The standard InChI is InChI=1S/C27H32FN3O3/c1-17(32)18-5-10-25(26(15-18)33-2)34-12-4-3-11-31-21-7-8-22(31)14-19(13-21)27-23-9-6-20(28)16-24(23)29-30-27/h5-6,9-10,15-16,19,21-22H,3-4,7-8,11-14H2,1-2H3,(H,29,30). The monoisotopic (exact) mass is 465 g/mol. The highest BCUT2D eigenvalue weighted by Gasteiger charge is 2.41. The van der Waals surface area contributed by atoms with Crippen molar-refractivity contribution in [2.75, 3.05) is 20.3 Å². The molecule has 7 heteroatoms. The number of hydrogen-bond donors (Lipinski definition) is 1. The number of methoxy groups -OCH3 is 1. The van der Waals surface area contributed by atoms with Gasteiger partial charge >= 0.3 is 0 Å². The first-order valence-electron chi connectivity index (χ1n) is 12.2. The number of aromatic nitrogens is 2. The van der Waals surface area contributed by atoms with Gasteiger partial charge in [0.1, 0.15) is 5.82 Å². The summed E-state index contributed by atoms with van der Waals surface area (Å²) in [4.78, 5) is 14.3. The van der Waals surface area contributed by atoms with Crippen molar-refractivity contribution in [2.45, 2.75) is 63.5 Å². The summed E-state index contributed by atoms with van der Waals surface area (Å²) in [5, 5.41) is 8.61. The molecule has 2 unspecified atom stereocenters. The van der Waals surface area contributed by atoms with Gasteiger partial charge in [-0.05, 0) is 82.3 Å². The summed E-state index contributed by atoms with van der Waals surface area (Å²) in [5.74, 6) is 1.51. The maximum Gasteiger partial charge on any atom is 0.161 e. The van der Waals surface area contributed by atoms with Crippen LogP contribution in [-0.4, -0.2) is 53.2 Å². The molecule has 2 aliphatic heterocycles. The van der Waals surface area contributed by atoms with Crippen LogP contribution in [0.4, 0.5) is 4.39 Å². The number of piperidine rings is 1. The molecule has 2 atom stereocenters. The molecule has 0 saturated carbocycles. The van der Waals surface area contributed by atoms with E-state index in [0.29, 0.717) is 41.7 Å². The van der Waals surface area contributed by atoms with Crippen LogP contribution in [0.1, 0.15) is 67.4 Å². The van der Waals surface area contributed by atoms with Gasteiger partial charge < -0.3 is 9.47 Å². The highest BCUT2D eigenvalue weighted by atomic mass is 19.1. The first kappa shape index (κ1) is 22.8. The highest BCUT2D eigenvalue weighted by Crippen LogP contribution is 2.44. The van der Waals surface area contributed by atoms with Crippen LogP contribution in [0.3, 0.4) is 0 Å². The van der Waals surface area contributed by atoms with Crippen LogP contribution >= 0.6 is 0 Å². The first-order valence-corrected chi connectivity index (χ1v) is 12.2. The Labute approximate surface area is 199 Å². The van der Waals surface area contributed by atoms with Crippen molar-refractivity contribution in [1.82, 2.24) is 15.1 Å². The molecular weight excluding hydrogens is 433 g/mol. The number of Topliss-reactive ketones (excluding diaryl/α,β-unsaturated/α-hetero) is 1. The van der Waals surface area contributed by atoms with Gasteiger partial charge in [0.25, 0.3) is 0 Å². The van der Waals surface area contributed by atoms with E-state index in [0.717, 1.165) is 43.1 Å². The lowest BCUT2D eigenvalue weighted by Gasteiger charge is -2.38. The number of ketones is 1. The number of hydrogen-bond acceptors (Lipinski definition) is 5. The van der Waals surface area contributed by atoms with E-state index >= 15 is 0 Å². The van der Waals surface area contributed by atoms with Crippen LogP contribution in [0.25, 0.3) is 10.9 Å². The molecule has 1 N–H and O–H groups in total. The minimum atomic E-state index is -0.240. The van der Waals surface area contributed by atoms with Crippen LogP contribution in [0, 0.1) is 5.82 Å². The Kier molecular flexibility index (Phi) is 6.55. The van der Waals surface area contributed by atoms with Gasteiger partial charge in [-0.2, -0.15) is 5.10 Å². The molecular formula is C27H32FN3O3. The largest absolute Gasteiger partial charge is 0.493 e. The van der Waals surface area contributed by atoms with E-state index in [-0.39, 0.29) is 11.6 Å². The van der Waals surface area contributed by atoms with Crippen LogP contribution in [0.5, 0.6) is 11.5 Å². The number of benzene rings is 2. The van der Waals surface area contributed by atoms with Crippen LogP contribution < -0.4 is 9.47 Å². The molecule has 34 heavy (non-hydrogen) atoms. The number of nitrogens with one attached hydrogen (secondary N) is 1. The molecule has 2 aromatic carbocycles. The second-order valence-electron chi connectivity index (χ2n) is 9.57. The first-order chi connectivity index (χ1) is 16.5. The Morgan fingerprint density at radius 1 is 1.12 bits per heavy atom. The molecule has 6 nitrogen and oxygen atoms in total. The summed E-state index contributed by atoms with van der Waals surface area (Å²) >= 11 is 0. The summed E-state index contributed by atoms with van der Waals surface area (Å²) in [6.45, 7) is 3.25. The van der Waals surface area contributed by atoms with Gasteiger partial charge in [0.05, 0.1) is 19.2 Å². The molecule has 0 radical (unpaired) electrons. The van der Waals surface area contributed by atoms with E-state index in [1.165, 1.54) is 30.7 Å². The van der Waals surface area contributed by atoms with E-state index in [1.807, 2.05) is 12.1 Å². The van der Waals surface area contributed by atoms with E-state index in [1.54, 1.807) is 26.2 Å². The van der Waals surface area contributed by atoms with Crippen molar-refractivity contribution in [2.24, 2.45) is 0 Å². The Morgan fingerprint density at radius 2 is 1.91 bits per heavy atom. The minimum absolute atomic E-state index is 0.0119. The van der Waals surface area contributed by atoms with E-state index in [9.17, 15) is 9.18 Å². The van der Waals surface area contributed by atoms with Gasteiger partial charge in [-0.15, -0.1) is 0 Å². The quantitative estimate of drug-likeness (QED) is 0.335. The number of H-pyrrole nitrogens is 1. The Bertz CT molecular complexity index is 1160. The van der Waals surface area contributed by atoms with E-state index < -0.39 is 0 Å². The fraction of sp³-hybridized carbons (Fsp3) is 0.481. The number of halogens is 1. The molecule has 2 aliphatic rings. The summed E-state index contributed by atoms with van der Waals surface area (Å²) < 4.78 is 24.9. The smallest absolute Gasteiger partial charge is 0.161 e. The summed E-state index contributed by atoms with van der Waals surface area (Å²) in [5.41, 5.74) is 2.51. The number of carbonyl (C=O) groups is 1. The second-order valence-corrected chi connectivity index (χ2v) is 9.57. The average Bonchev–Trinajstić information content (AvgIpc) is 3.35. The Hall–Kier alpha value is -2.93. The van der Waals surface area contributed by atoms with Gasteiger partial charge in [-0.3, -0.25) is 14.8 Å². The molecule has 1 aromatic heterocycles. The predicted molar refractivity (Wildman–Crippen MR) is 129 cm³/mol. The van der Waals surface area contributed by atoms with Crippen LogP contribution in [-0.2, 0) is 0 Å². The van der Waals surface area contributed by atoms with Gasteiger partial charge in [0.15, 0.2) is 17.3 Å². The number of ether oxygens (including phenoxy) is 2. The van der Waals surface area contributed by atoms with Crippen LogP contribution in [0.15, 0.2) is 36.4 Å². The van der Waals surface area contributed by atoms with Crippen molar-refractivity contribution in [3.8, 4) is 11.5 Å². The maximum absolute atomic E-state index is 13.5. The zero-order valence-electron chi connectivity index (χ0n) is 19.9. The van der Waals surface area contributed by atoms with E-state index in [4.69, 9.17) is 9.47 Å². The highest BCUT2D eigenvalue weighted by molar-refractivity contribution is 5.94. The SMILES string of the molecule is COc1cc(C(C)=O)ccc1OCCCCN1C2CCC1CC(c1[nH]nc3cc(F)ccc13)C2. The minimum Gasteiger partial charge on any atom is -0.493 e. The molecule has 180 valence electrons. The van der Waals surface area contributed by atoms with E-state index in [2.05, 4.69) is 15.1 Å². The molecule has 5 rings (SSSR count). The summed E-state index contributed by atoms with van der Waals surface area (Å²) in [6, 6.07) is 11.4. The third kappa shape index (κ3) is 4.53. The maximum atomic E-state index is 13.5. The Balaban J connectivity index is 1.12. The van der Waals surface area contributed by atoms with Crippen molar-refractivity contribution >= 4 is 16.7 Å². The number of aromatic amines is 1. The van der Waals surface area contributed by atoms with Crippen molar-refractivity contribution < 1.29 is 18.7 Å². The molecule has 3 heterocycles. The molecule has 3 aromatic rings. The summed E-state index contributed by atoms with van der Waals surface area (Å²) in [7, 11) is 1.59. The molecule has 2 bridgehead atoms. The lowest BCUT2D eigenvalue weighted by Crippen LogP contribution is -2.42. The molecule has 0 spiro atoms. The van der Waals surface area contributed by atoms with Gasteiger partial charge in [0.2, 0.25) is 0 Å². The lowest BCUT2D eigenvalue weighted by atomic mass is 9.86. The third-order valence-corrected chi connectivity index (χ3v) is 7.48. The van der Waals surface area contributed by atoms with Crippen molar-refractivity contribution in [3.63, 3.8) is 0 Å². The number of nitrogens with zero attached hydrogens (tertiary/aromatic N) is 2. The second kappa shape index (κ2) is 9.74. The normalized spacial score (nSPS) is 22.3. The van der Waals surface area contributed by atoms with Crippen molar-refractivity contribution in [1.29, 1.82) is 0 Å². The third-order valence-electron chi connectivity index (χ3n) is 7.48.